The summed E-state index contributed by atoms with van der Waals surface area (Å²) in [6.45, 7) is 4.67. The predicted octanol–water partition coefficient (Wildman–Crippen LogP) is 2.81. The lowest BCUT2D eigenvalue weighted by molar-refractivity contribution is 0.447. The van der Waals surface area contributed by atoms with E-state index < -0.39 is 0 Å². The van der Waals surface area contributed by atoms with Crippen LogP contribution in [0.4, 0.5) is 5.69 Å². The van der Waals surface area contributed by atoms with Crippen LogP contribution in [0.25, 0.3) is 11.0 Å². The zero-order valence-electron chi connectivity index (χ0n) is 10.6. The van der Waals surface area contributed by atoms with Crippen molar-refractivity contribution in [3.63, 3.8) is 0 Å². The van der Waals surface area contributed by atoms with Crippen molar-refractivity contribution in [1.29, 1.82) is 0 Å². The Labute approximate surface area is 102 Å². The molecule has 1 atom stereocenters. The number of rotatable bonds is 1. The molecule has 3 heteroatoms. The number of hydrogen-bond donors (Lipinski definition) is 0. The third-order valence-corrected chi connectivity index (χ3v) is 3.73. The molecule has 0 radical (unpaired) electrons. The molecule has 2 heterocycles. The first-order chi connectivity index (χ1) is 8.25. The molecule has 3 nitrogen and oxygen atoms in total. The SMILES string of the molecule is C[C@@H]1CCCN(c2cccc3c2ncn3C)C1. The number of benzene rings is 1. The van der Waals surface area contributed by atoms with Crippen LogP contribution in [0.2, 0.25) is 0 Å². The van der Waals surface area contributed by atoms with E-state index in [0.717, 1.165) is 18.0 Å². The number of nitrogens with zero attached hydrogens (tertiary/aromatic N) is 3. The van der Waals surface area contributed by atoms with Gasteiger partial charge in [-0.2, -0.15) is 0 Å². The first-order valence-corrected chi connectivity index (χ1v) is 6.40. The van der Waals surface area contributed by atoms with E-state index in [1.165, 1.54) is 30.6 Å². The minimum atomic E-state index is 0.794. The molecule has 1 aromatic heterocycles. The molecule has 1 aromatic carbocycles. The molecule has 1 aliphatic heterocycles. The van der Waals surface area contributed by atoms with E-state index in [1.54, 1.807) is 0 Å². The third-order valence-electron chi connectivity index (χ3n) is 3.73. The van der Waals surface area contributed by atoms with Crippen LogP contribution in [0, 0.1) is 5.92 Å². The molecule has 0 bridgehead atoms. The van der Waals surface area contributed by atoms with Gasteiger partial charge in [0.2, 0.25) is 0 Å². The Morgan fingerprint density at radius 3 is 3.06 bits per heavy atom. The van der Waals surface area contributed by atoms with Gasteiger partial charge < -0.3 is 9.47 Å². The van der Waals surface area contributed by atoms with Crippen LogP contribution >= 0.6 is 0 Å². The summed E-state index contributed by atoms with van der Waals surface area (Å²) in [4.78, 5) is 7.03. The average Bonchev–Trinajstić information content (AvgIpc) is 2.71. The van der Waals surface area contributed by atoms with Crippen molar-refractivity contribution in [3.8, 4) is 0 Å². The molecule has 1 aliphatic rings. The fourth-order valence-corrected chi connectivity index (χ4v) is 2.81. The lowest BCUT2D eigenvalue weighted by Gasteiger charge is -2.32. The quantitative estimate of drug-likeness (QED) is 0.749. The predicted molar refractivity (Wildman–Crippen MR) is 71.3 cm³/mol. The maximum Gasteiger partial charge on any atom is 0.112 e. The number of fused-ring (bicyclic) bond motifs is 1. The Kier molecular flexibility index (Phi) is 2.54. The van der Waals surface area contributed by atoms with Crippen molar-refractivity contribution >= 4 is 16.7 Å². The fourth-order valence-electron chi connectivity index (χ4n) is 2.81. The minimum Gasteiger partial charge on any atom is -0.369 e. The molecule has 0 amide bonds. The Hall–Kier alpha value is -1.51. The molecule has 90 valence electrons. The van der Waals surface area contributed by atoms with E-state index in [0.29, 0.717) is 0 Å². The summed E-state index contributed by atoms with van der Waals surface area (Å²) < 4.78 is 2.09. The van der Waals surface area contributed by atoms with Gasteiger partial charge in [-0.1, -0.05) is 13.0 Å². The summed E-state index contributed by atoms with van der Waals surface area (Å²) in [5.74, 6) is 0.794. The number of piperidine rings is 1. The summed E-state index contributed by atoms with van der Waals surface area (Å²) in [5.41, 5.74) is 3.67. The van der Waals surface area contributed by atoms with Crippen LogP contribution in [-0.2, 0) is 7.05 Å². The number of aromatic nitrogens is 2. The van der Waals surface area contributed by atoms with E-state index in [4.69, 9.17) is 0 Å². The van der Waals surface area contributed by atoms with Crippen molar-refractivity contribution in [2.75, 3.05) is 18.0 Å². The van der Waals surface area contributed by atoms with Gasteiger partial charge in [-0.25, -0.2) is 4.98 Å². The van der Waals surface area contributed by atoms with Crippen molar-refractivity contribution in [2.45, 2.75) is 19.8 Å². The highest BCUT2D eigenvalue weighted by Gasteiger charge is 2.19. The van der Waals surface area contributed by atoms with Crippen LogP contribution < -0.4 is 4.90 Å². The molecule has 0 saturated carbocycles. The maximum absolute atomic E-state index is 4.54. The van der Waals surface area contributed by atoms with Crippen LogP contribution in [-0.4, -0.2) is 22.6 Å². The van der Waals surface area contributed by atoms with Crippen LogP contribution in [0.3, 0.4) is 0 Å². The Balaban J connectivity index is 2.04. The van der Waals surface area contributed by atoms with Gasteiger partial charge in [-0.15, -0.1) is 0 Å². The molecule has 1 saturated heterocycles. The molecule has 0 aliphatic carbocycles. The lowest BCUT2D eigenvalue weighted by Crippen LogP contribution is -2.34. The Bertz CT molecular complexity index is 529. The molecule has 0 N–H and O–H groups in total. The van der Waals surface area contributed by atoms with Gasteiger partial charge in [0, 0.05) is 20.1 Å². The van der Waals surface area contributed by atoms with E-state index in [-0.39, 0.29) is 0 Å². The normalized spacial score (nSPS) is 21.1. The molecule has 0 spiro atoms. The number of para-hydroxylation sites is 1. The van der Waals surface area contributed by atoms with Gasteiger partial charge in [-0.3, -0.25) is 0 Å². The van der Waals surface area contributed by atoms with Crippen molar-refractivity contribution < 1.29 is 0 Å². The van der Waals surface area contributed by atoms with Crippen molar-refractivity contribution in [1.82, 2.24) is 9.55 Å². The van der Waals surface area contributed by atoms with Crippen molar-refractivity contribution in [2.24, 2.45) is 13.0 Å². The second kappa shape index (κ2) is 4.06. The maximum atomic E-state index is 4.54. The van der Waals surface area contributed by atoms with Crippen LogP contribution in [0.15, 0.2) is 24.5 Å². The Morgan fingerprint density at radius 1 is 1.35 bits per heavy atom. The van der Waals surface area contributed by atoms with Gasteiger partial charge >= 0.3 is 0 Å². The van der Waals surface area contributed by atoms with E-state index in [1.807, 2.05) is 6.33 Å². The largest absolute Gasteiger partial charge is 0.369 e. The molecule has 17 heavy (non-hydrogen) atoms. The summed E-state index contributed by atoms with van der Waals surface area (Å²) in [6.07, 6.45) is 4.56. The fraction of sp³-hybridized carbons (Fsp3) is 0.500. The Morgan fingerprint density at radius 2 is 2.24 bits per heavy atom. The first-order valence-electron chi connectivity index (χ1n) is 6.40. The van der Waals surface area contributed by atoms with Gasteiger partial charge in [0.25, 0.3) is 0 Å². The average molecular weight is 229 g/mol. The highest BCUT2D eigenvalue weighted by Crippen LogP contribution is 2.28. The topological polar surface area (TPSA) is 21.1 Å². The highest BCUT2D eigenvalue weighted by molar-refractivity contribution is 5.89. The number of anilines is 1. The van der Waals surface area contributed by atoms with Crippen LogP contribution in [0.5, 0.6) is 0 Å². The third kappa shape index (κ3) is 1.79. The first kappa shape index (κ1) is 10.6. The van der Waals surface area contributed by atoms with Gasteiger partial charge in [-0.05, 0) is 30.9 Å². The zero-order chi connectivity index (χ0) is 11.8. The second-order valence-electron chi connectivity index (χ2n) is 5.19. The second-order valence-corrected chi connectivity index (χ2v) is 5.19. The molecular formula is C14H19N3. The number of aryl methyl sites for hydroxylation is 1. The van der Waals surface area contributed by atoms with E-state index in [9.17, 15) is 0 Å². The lowest BCUT2D eigenvalue weighted by atomic mass is 9.99. The molecule has 1 fully saturated rings. The molecule has 0 unspecified atom stereocenters. The summed E-state index contributed by atoms with van der Waals surface area (Å²) in [5, 5.41) is 0. The van der Waals surface area contributed by atoms with Crippen molar-refractivity contribution in [3.05, 3.63) is 24.5 Å². The molecule has 3 rings (SSSR count). The smallest absolute Gasteiger partial charge is 0.112 e. The minimum absolute atomic E-state index is 0.794. The van der Waals surface area contributed by atoms with Gasteiger partial charge in [0.05, 0.1) is 17.5 Å². The summed E-state index contributed by atoms with van der Waals surface area (Å²) in [7, 11) is 2.05. The van der Waals surface area contributed by atoms with E-state index >= 15 is 0 Å². The van der Waals surface area contributed by atoms with E-state index in [2.05, 4.69) is 46.6 Å². The monoisotopic (exact) mass is 229 g/mol. The number of imidazole rings is 1. The highest BCUT2D eigenvalue weighted by atomic mass is 15.2. The number of hydrogen-bond acceptors (Lipinski definition) is 2. The summed E-state index contributed by atoms with van der Waals surface area (Å²) in [6, 6.07) is 6.48. The van der Waals surface area contributed by atoms with Gasteiger partial charge in [0.15, 0.2) is 0 Å². The van der Waals surface area contributed by atoms with Crippen LogP contribution in [0.1, 0.15) is 19.8 Å². The van der Waals surface area contributed by atoms with Gasteiger partial charge in [0.1, 0.15) is 5.52 Å². The molecule has 2 aromatic rings. The molecular weight excluding hydrogens is 210 g/mol. The standard InChI is InChI=1S/C14H19N3/c1-11-5-4-8-17(9-11)13-7-3-6-12-14(13)15-10-16(12)2/h3,6-7,10-11H,4-5,8-9H2,1-2H3/t11-/m1/s1. The summed E-state index contributed by atoms with van der Waals surface area (Å²) >= 11 is 0. The zero-order valence-corrected chi connectivity index (χ0v) is 10.6.